The third-order valence-corrected chi connectivity index (χ3v) is 3.71. The lowest BCUT2D eigenvalue weighted by Gasteiger charge is -2.32. The monoisotopic (exact) mass is 255 g/mol. The predicted octanol–water partition coefficient (Wildman–Crippen LogP) is 3.30. The highest BCUT2D eigenvalue weighted by Gasteiger charge is 2.26. The highest BCUT2D eigenvalue weighted by molar-refractivity contribution is 5.91. The number of amides is 1. The normalized spacial score (nSPS) is 19.4. The molecule has 1 fully saturated rings. The molecular weight excluding hydrogens is 238 g/mol. The molecule has 1 aliphatic rings. The molecule has 1 aromatic heterocycles. The minimum Gasteiger partial charge on any atom is -0.459 e. The molecule has 0 saturated carbocycles. The van der Waals surface area contributed by atoms with Crippen LogP contribution in [0.1, 0.15) is 34.9 Å². The molecule has 0 spiro atoms. The van der Waals surface area contributed by atoms with E-state index in [9.17, 15) is 4.79 Å². The van der Waals surface area contributed by atoms with E-state index in [2.05, 4.69) is 24.3 Å². The van der Waals surface area contributed by atoms with Gasteiger partial charge in [-0.2, -0.15) is 0 Å². The fourth-order valence-corrected chi connectivity index (χ4v) is 2.71. The predicted molar refractivity (Wildman–Crippen MR) is 73.0 cm³/mol. The average Bonchev–Trinajstić information content (AvgIpc) is 3.02. The minimum absolute atomic E-state index is 0.00521. The Morgan fingerprint density at radius 3 is 2.74 bits per heavy atom. The Bertz CT molecular complexity index is 533. The topological polar surface area (TPSA) is 33.5 Å². The third kappa shape index (κ3) is 2.55. The summed E-state index contributed by atoms with van der Waals surface area (Å²) in [6.07, 6.45) is 3.74. The number of hydrogen-bond donors (Lipinski definition) is 0. The molecule has 1 saturated heterocycles. The van der Waals surface area contributed by atoms with E-state index in [-0.39, 0.29) is 5.91 Å². The molecule has 0 radical (unpaired) electrons. The zero-order valence-corrected chi connectivity index (χ0v) is 10.8. The van der Waals surface area contributed by atoms with E-state index < -0.39 is 0 Å². The largest absolute Gasteiger partial charge is 0.459 e. The van der Waals surface area contributed by atoms with E-state index in [1.165, 1.54) is 5.56 Å². The zero-order chi connectivity index (χ0) is 13.1. The second kappa shape index (κ2) is 5.31. The lowest BCUT2D eigenvalue weighted by Crippen LogP contribution is -2.38. The van der Waals surface area contributed by atoms with Gasteiger partial charge in [-0.25, -0.2) is 0 Å². The van der Waals surface area contributed by atoms with Crippen molar-refractivity contribution in [3.8, 4) is 0 Å². The quantitative estimate of drug-likeness (QED) is 0.825. The van der Waals surface area contributed by atoms with Crippen molar-refractivity contribution in [2.75, 3.05) is 13.1 Å². The van der Waals surface area contributed by atoms with Gasteiger partial charge < -0.3 is 9.32 Å². The Labute approximate surface area is 112 Å². The van der Waals surface area contributed by atoms with Gasteiger partial charge in [0.2, 0.25) is 0 Å². The van der Waals surface area contributed by atoms with Crippen LogP contribution in [-0.4, -0.2) is 23.9 Å². The number of hydrogen-bond acceptors (Lipinski definition) is 2. The summed E-state index contributed by atoms with van der Waals surface area (Å²) in [4.78, 5) is 14.2. The summed E-state index contributed by atoms with van der Waals surface area (Å²) in [5.74, 6) is 0.883. The second-order valence-corrected chi connectivity index (χ2v) is 4.98. The zero-order valence-electron chi connectivity index (χ0n) is 10.8. The Morgan fingerprint density at radius 1 is 1.16 bits per heavy atom. The number of nitrogens with zero attached hydrogens (tertiary/aromatic N) is 1. The maximum Gasteiger partial charge on any atom is 0.289 e. The van der Waals surface area contributed by atoms with Gasteiger partial charge in [0.25, 0.3) is 5.91 Å². The standard InChI is InChI=1S/C16H17NO2/c18-16(15-9-5-11-19-15)17-10-4-8-14(12-17)13-6-2-1-3-7-13/h1-3,5-7,9,11,14H,4,8,10,12H2/t14-/m0/s1. The van der Waals surface area contributed by atoms with Gasteiger partial charge in [-0.1, -0.05) is 30.3 Å². The third-order valence-electron chi connectivity index (χ3n) is 3.71. The molecule has 1 aliphatic heterocycles. The van der Waals surface area contributed by atoms with Gasteiger partial charge in [-0.15, -0.1) is 0 Å². The van der Waals surface area contributed by atoms with Crippen LogP contribution in [0, 0.1) is 0 Å². The molecule has 1 atom stereocenters. The number of benzene rings is 1. The van der Waals surface area contributed by atoms with Gasteiger partial charge in [-0.05, 0) is 30.5 Å². The molecule has 3 heteroatoms. The van der Waals surface area contributed by atoms with E-state index in [1.807, 2.05) is 11.0 Å². The fourth-order valence-electron chi connectivity index (χ4n) is 2.71. The Kier molecular flexibility index (Phi) is 3.36. The van der Waals surface area contributed by atoms with Crippen molar-refractivity contribution in [2.24, 2.45) is 0 Å². The summed E-state index contributed by atoms with van der Waals surface area (Å²) in [7, 11) is 0. The van der Waals surface area contributed by atoms with E-state index in [0.717, 1.165) is 25.9 Å². The first-order valence-electron chi connectivity index (χ1n) is 6.72. The Balaban J connectivity index is 1.73. The maximum atomic E-state index is 12.3. The number of likely N-dealkylation sites (tertiary alicyclic amines) is 1. The first-order chi connectivity index (χ1) is 9.34. The molecule has 1 amide bonds. The van der Waals surface area contributed by atoms with Crippen LogP contribution in [0.4, 0.5) is 0 Å². The smallest absolute Gasteiger partial charge is 0.289 e. The van der Waals surface area contributed by atoms with Crippen molar-refractivity contribution in [2.45, 2.75) is 18.8 Å². The second-order valence-electron chi connectivity index (χ2n) is 4.98. The van der Waals surface area contributed by atoms with Crippen molar-refractivity contribution in [3.05, 3.63) is 60.1 Å². The Hall–Kier alpha value is -2.03. The molecule has 3 rings (SSSR count). The van der Waals surface area contributed by atoms with Crippen LogP contribution in [0.2, 0.25) is 0 Å². The van der Waals surface area contributed by atoms with Crippen molar-refractivity contribution < 1.29 is 9.21 Å². The molecule has 0 aliphatic carbocycles. The van der Waals surface area contributed by atoms with Crippen LogP contribution in [0.15, 0.2) is 53.1 Å². The molecule has 2 heterocycles. The summed E-state index contributed by atoms with van der Waals surface area (Å²) < 4.78 is 5.20. The van der Waals surface area contributed by atoms with Crippen molar-refractivity contribution in [1.82, 2.24) is 4.90 Å². The van der Waals surface area contributed by atoms with Crippen LogP contribution in [0.25, 0.3) is 0 Å². The molecule has 0 unspecified atom stereocenters. The van der Waals surface area contributed by atoms with Gasteiger partial charge in [-0.3, -0.25) is 4.79 Å². The number of furan rings is 1. The van der Waals surface area contributed by atoms with Crippen LogP contribution in [0.5, 0.6) is 0 Å². The SMILES string of the molecule is O=C(c1ccco1)N1CCC[C@H](c2ccccc2)C1. The summed E-state index contributed by atoms with van der Waals surface area (Å²) in [6.45, 7) is 1.60. The maximum absolute atomic E-state index is 12.3. The lowest BCUT2D eigenvalue weighted by atomic mass is 9.90. The molecule has 0 N–H and O–H groups in total. The lowest BCUT2D eigenvalue weighted by molar-refractivity contribution is 0.0675. The molecule has 0 bridgehead atoms. The molecule has 98 valence electrons. The summed E-state index contributed by atoms with van der Waals surface area (Å²) >= 11 is 0. The van der Waals surface area contributed by atoms with Crippen LogP contribution in [-0.2, 0) is 0 Å². The molecule has 1 aromatic carbocycles. The summed E-state index contributed by atoms with van der Waals surface area (Å²) in [5, 5.41) is 0. The van der Waals surface area contributed by atoms with Crippen LogP contribution < -0.4 is 0 Å². The van der Waals surface area contributed by atoms with Gasteiger partial charge in [0.1, 0.15) is 0 Å². The summed E-state index contributed by atoms with van der Waals surface area (Å²) in [5.41, 5.74) is 1.32. The highest BCUT2D eigenvalue weighted by atomic mass is 16.3. The molecule has 19 heavy (non-hydrogen) atoms. The minimum atomic E-state index is 0.00521. The van der Waals surface area contributed by atoms with Crippen molar-refractivity contribution in [3.63, 3.8) is 0 Å². The van der Waals surface area contributed by atoms with Gasteiger partial charge >= 0.3 is 0 Å². The van der Waals surface area contributed by atoms with Gasteiger partial charge in [0.05, 0.1) is 6.26 Å². The van der Waals surface area contributed by atoms with Crippen molar-refractivity contribution in [1.29, 1.82) is 0 Å². The fraction of sp³-hybridized carbons (Fsp3) is 0.312. The summed E-state index contributed by atoms with van der Waals surface area (Å²) in [6, 6.07) is 13.9. The van der Waals surface area contributed by atoms with E-state index in [4.69, 9.17) is 4.42 Å². The van der Waals surface area contributed by atoms with E-state index in [0.29, 0.717) is 11.7 Å². The van der Waals surface area contributed by atoms with E-state index >= 15 is 0 Å². The number of rotatable bonds is 2. The molecule has 3 nitrogen and oxygen atoms in total. The number of piperidine rings is 1. The van der Waals surface area contributed by atoms with Crippen molar-refractivity contribution >= 4 is 5.91 Å². The van der Waals surface area contributed by atoms with Gasteiger partial charge in [0.15, 0.2) is 5.76 Å². The Morgan fingerprint density at radius 2 is 2.00 bits per heavy atom. The number of carbonyl (C=O) groups excluding carboxylic acids is 1. The molecular formula is C16H17NO2. The number of carbonyl (C=O) groups is 1. The molecule has 2 aromatic rings. The highest BCUT2D eigenvalue weighted by Crippen LogP contribution is 2.27. The van der Waals surface area contributed by atoms with Gasteiger partial charge in [0, 0.05) is 19.0 Å². The van der Waals surface area contributed by atoms with Crippen LogP contribution in [0.3, 0.4) is 0 Å². The average molecular weight is 255 g/mol. The van der Waals surface area contributed by atoms with E-state index in [1.54, 1.807) is 18.4 Å². The first-order valence-corrected chi connectivity index (χ1v) is 6.72. The van der Waals surface area contributed by atoms with Crippen LogP contribution >= 0.6 is 0 Å². The first kappa shape index (κ1) is 12.0.